The number of methoxy groups -OCH3 is 1. The summed E-state index contributed by atoms with van der Waals surface area (Å²) in [5.41, 5.74) is 7.79. The zero-order valence-corrected chi connectivity index (χ0v) is 24.7. The highest BCUT2D eigenvalue weighted by molar-refractivity contribution is 7.99. The molecule has 0 saturated heterocycles. The second-order valence-electron chi connectivity index (χ2n) is 10.8. The van der Waals surface area contributed by atoms with Gasteiger partial charge < -0.3 is 4.74 Å². The van der Waals surface area contributed by atoms with Gasteiger partial charge in [0.15, 0.2) is 11.0 Å². The Morgan fingerprint density at radius 2 is 1.71 bits per heavy atom. The maximum absolute atomic E-state index is 12.8. The number of carbonyl (C=O) groups excluding carboxylic acids is 1. The molecular formula is C33H33N5O2S. The van der Waals surface area contributed by atoms with Crippen molar-refractivity contribution in [2.75, 3.05) is 12.9 Å². The molecular weight excluding hydrogens is 530 g/mol. The van der Waals surface area contributed by atoms with Gasteiger partial charge in [0.2, 0.25) is 0 Å². The molecule has 0 aliphatic heterocycles. The van der Waals surface area contributed by atoms with E-state index < -0.39 is 0 Å². The van der Waals surface area contributed by atoms with E-state index in [1.807, 2.05) is 53.1 Å². The number of hydrogen-bond acceptors (Lipinski definition) is 6. The lowest BCUT2D eigenvalue weighted by atomic mass is 9.87. The van der Waals surface area contributed by atoms with E-state index in [0.29, 0.717) is 10.9 Å². The molecule has 41 heavy (non-hydrogen) atoms. The summed E-state index contributed by atoms with van der Waals surface area (Å²) in [6.07, 6.45) is 1.62. The molecule has 0 fully saturated rings. The zero-order chi connectivity index (χ0) is 29.0. The van der Waals surface area contributed by atoms with Crippen molar-refractivity contribution in [3.8, 4) is 22.8 Å². The van der Waals surface area contributed by atoms with Crippen molar-refractivity contribution in [3.63, 3.8) is 0 Å². The lowest BCUT2D eigenvalue weighted by molar-refractivity contribution is -0.118. The van der Waals surface area contributed by atoms with Gasteiger partial charge in [-0.05, 0) is 46.9 Å². The van der Waals surface area contributed by atoms with Gasteiger partial charge in [-0.15, -0.1) is 10.2 Å². The van der Waals surface area contributed by atoms with Gasteiger partial charge in [0, 0.05) is 16.8 Å². The fraction of sp³-hybridized carbons (Fsp3) is 0.212. The molecule has 0 unspecified atom stereocenters. The number of carbonyl (C=O) groups is 1. The summed E-state index contributed by atoms with van der Waals surface area (Å²) in [5.74, 6) is 1.28. The van der Waals surface area contributed by atoms with E-state index in [4.69, 9.17) is 4.74 Å². The molecule has 0 radical (unpaired) electrons. The molecule has 8 heteroatoms. The first-order chi connectivity index (χ1) is 19.7. The fourth-order valence-electron chi connectivity index (χ4n) is 4.51. The highest BCUT2D eigenvalue weighted by Crippen LogP contribution is 2.30. The molecule has 0 aliphatic carbocycles. The lowest BCUT2D eigenvalue weighted by Crippen LogP contribution is -2.20. The van der Waals surface area contributed by atoms with Crippen LogP contribution in [-0.2, 0) is 10.2 Å². The molecule has 5 rings (SSSR count). The Hall–Kier alpha value is -4.43. The van der Waals surface area contributed by atoms with E-state index in [0.717, 1.165) is 39.0 Å². The van der Waals surface area contributed by atoms with Crippen LogP contribution in [0.2, 0.25) is 0 Å². The van der Waals surface area contributed by atoms with Gasteiger partial charge in [-0.25, -0.2) is 5.43 Å². The molecule has 1 amide bonds. The highest BCUT2D eigenvalue weighted by Gasteiger charge is 2.19. The van der Waals surface area contributed by atoms with Gasteiger partial charge in [-0.1, -0.05) is 105 Å². The SMILES string of the molecule is COc1ccc2ccccc2c1/C=N\NC(=O)CSc1nnc(-c2ccc(C(C)(C)C)cc2)n1-c1ccc(C)cc1. The third kappa shape index (κ3) is 6.33. The quantitative estimate of drug-likeness (QED) is 0.126. The van der Waals surface area contributed by atoms with Gasteiger partial charge in [0.1, 0.15) is 5.75 Å². The Kier molecular flexibility index (Phi) is 8.21. The van der Waals surface area contributed by atoms with Crippen molar-refractivity contribution < 1.29 is 9.53 Å². The minimum Gasteiger partial charge on any atom is -0.496 e. The molecule has 0 bridgehead atoms. The molecule has 5 aromatic rings. The van der Waals surface area contributed by atoms with E-state index in [1.165, 1.54) is 17.3 Å². The summed E-state index contributed by atoms with van der Waals surface area (Å²) < 4.78 is 7.51. The number of benzene rings is 4. The number of aryl methyl sites for hydroxylation is 1. The molecule has 0 spiro atoms. The van der Waals surface area contributed by atoms with Crippen molar-refractivity contribution in [1.29, 1.82) is 0 Å². The van der Waals surface area contributed by atoms with Crippen LogP contribution in [0.5, 0.6) is 5.75 Å². The van der Waals surface area contributed by atoms with Crippen molar-refractivity contribution in [2.45, 2.75) is 38.3 Å². The summed E-state index contributed by atoms with van der Waals surface area (Å²) in [6.45, 7) is 8.63. The summed E-state index contributed by atoms with van der Waals surface area (Å²) in [4.78, 5) is 12.8. The van der Waals surface area contributed by atoms with Crippen LogP contribution in [0.4, 0.5) is 0 Å². The van der Waals surface area contributed by atoms with Gasteiger partial charge >= 0.3 is 0 Å². The largest absolute Gasteiger partial charge is 0.496 e. The number of rotatable bonds is 8. The van der Waals surface area contributed by atoms with Crippen molar-refractivity contribution in [2.24, 2.45) is 5.10 Å². The van der Waals surface area contributed by atoms with E-state index in [1.54, 1.807) is 13.3 Å². The number of thioether (sulfide) groups is 1. The number of aromatic nitrogens is 3. The monoisotopic (exact) mass is 563 g/mol. The van der Waals surface area contributed by atoms with Crippen LogP contribution in [0.1, 0.15) is 37.5 Å². The summed E-state index contributed by atoms with van der Waals surface area (Å²) >= 11 is 1.31. The molecule has 4 aromatic carbocycles. The Morgan fingerprint density at radius 1 is 0.976 bits per heavy atom. The minimum absolute atomic E-state index is 0.0543. The molecule has 1 heterocycles. The zero-order valence-electron chi connectivity index (χ0n) is 23.9. The topological polar surface area (TPSA) is 81.4 Å². The third-order valence-corrected chi connectivity index (χ3v) is 7.73. The van der Waals surface area contributed by atoms with Gasteiger partial charge in [-0.3, -0.25) is 9.36 Å². The Labute approximate surface area is 244 Å². The van der Waals surface area contributed by atoms with Crippen LogP contribution < -0.4 is 10.2 Å². The Balaban J connectivity index is 1.35. The van der Waals surface area contributed by atoms with E-state index in [2.05, 4.69) is 84.8 Å². The van der Waals surface area contributed by atoms with Crippen LogP contribution >= 0.6 is 11.8 Å². The molecule has 0 atom stereocenters. The average Bonchev–Trinajstić information content (AvgIpc) is 3.40. The van der Waals surface area contributed by atoms with Crippen molar-refractivity contribution in [3.05, 3.63) is 102 Å². The number of nitrogens with zero attached hydrogens (tertiary/aromatic N) is 4. The predicted octanol–water partition coefficient (Wildman–Crippen LogP) is 6.94. The number of fused-ring (bicyclic) bond motifs is 1. The van der Waals surface area contributed by atoms with Crippen LogP contribution in [0.15, 0.2) is 95.2 Å². The first kappa shape index (κ1) is 28.1. The van der Waals surface area contributed by atoms with Crippen molar-refractivity contribution in [1.82, 2.24) is 20.2 Å². The molecule has 208 valence electrons. The van der Waals surface area contributed by atoms with E-state index in [-0.39, 0.29) is 17.1 Å². The second-order valence-corrected chi connectivity index (χ2v) is 11.7. The van der Waals surface area contributed by atoms with E-state index in [9.17, 15) is 4.79 Å². The molecule has 7 nitrogen and oxygen atoms in total. The number of hydrogen-bond donors (Lipinski definition) is 1. The summed E-state index contributed by atoms with van der Waals surface area (Å²) in [5, 5.41) is 15.9. The standard InChI is InChI=1S/C33H33N5O2S/c1-22-10-17-26(18-11-22)38-31(24-12-15-25(16-13-24)33(2,3)4)36-37-32(38)41-21-30(39)35-34-20-28-27-9-7-6-8-23(27)14-19-29(28)40-5/h6-20H,21H2,1-5H3,(H,35,39)/b34-20-. The molecule has 1 aromatic heterocycles. The van der Waals surface area contributed by atoms with Crippen molar-refractivity contribution >= 4 is 34.7 Å². The predicted molar refractivity (Wildman–Crippen MR) is 167 cm³/mol. The number of nitrogens with one attached hydrogen (secondary N) is 1. The maximum Gasteiger partial charge on any atom is 0.250 e. The van der Waals surface area contributed by atoms with Crippen LogP contribution in [0.3, 0.4) is 0 Å². The number of hydrazone groups is 1. The molecule has 0 saturated carbocycles. The number of ether oxygens (including phenoxy) is 1. The lowest BCUT2D eigenvalue weighted by Gasteiger charge is -2.19. The van der Waals surface area contributed by atoms with Crippen LogP contribution in [0.25, 0.3) is 27.8 Å². The number of amides is 1. The maximum atomic E-state index is 12.8. The first-order valence-electron chi connectivity index (χ1n) is 13.4. The first-order valence-corrected chi connectivity index (χ1v) is 14.4. The Bertz CT molecular complexity index is 1700. The van der Waals surface area contributed by atoms with Gasteiger partial charge in [0.05, 0.1) is 19.1 Å². The third-order valence-electron chi connectivity index (χ3n) is 6.80. The summed E-state index contributed by atoms with van der Waals surface area (Å²) in [6, 6.07) is 28.5. The molecule has 0 aliphatic rings. The van der Waals surface area contributed by atoms with Crippen LogP contribution in [0, 0.1) is 6.92 Å². The summed E-state index contributed by atoms with van der Waals surface area (Å²) in [7, 11) is 1.62. The highest BCUT2D eigenvalue weighted by atomic mass is 32.2. The van der Waals surface area contributed by atoms with Gasteiger partial charge in [0.25, 0.3) is 5.91 Å². The van der Waals surface area contributed by atoms with Crippen LogP contribution in [-0.4, -0.2) is 39.7 Å². The Morgan fingerprint density at radius 3 is 2.41 bits per heavy atom. The average molecular weight is 564 g/mol. The van der Waals surface area contributed by atoms with Gasteiger partial charge in [-0.2, -0.15) is 5.10 Å². The van der Waals surface area contributed by atoms with E-state index >= 15 is 0 Å². The fourth-order valence-corrected chi connectivity index (χ4v) is 5.26. The minimum atomic E-state index is -0.250. The smallest absolute Gasteiger partial charge is 0.250 e. The molecule has 1 N–H and O–H groups in total. The second kappa shape index (κ2) is 12.0. The normalized spacial score (nSPS) is 11.7.